The zero-order valence-corrected chi connectivity index (χ0v) is 20.0. The monoisotopic (exact) mass is 498 g/mol. The molecular weight excluding hydrogens is 479 g/mol. The predicted octanol–water partition coefficient (Wildman–Crippen LogP) is 6.19. The lowest BCUT2D eigenvalue weighted by Gasteiger charge is -2.12. The number of thioether (sulfide) groups is 1. The quantitative estimate of drug-likeness (QED) is 0.293. The van der Waals surface area contributed by atoms with Crippen LogP contribution in [0.1, 0.15) is 11.4 Å². The van der Waals surface area contributed by atoms with Crippen LogP contribution in [-0.4, -0.2) is 26.4 Å². The van der Waals surface area contributed by atoms with Crippen molar-refractivity contribution >= 4 is 46.6 Å². The smallest absolute Gasteiger partial charge is 0.234 e. The third-order valence-corrected chi connectivity index (χ3v) is 6.12. The number of aromatic nitrogens is 3. The number of para-hydroxylation sites is 1. The molecule has 3 aromatic carbocycles. The summed E-state index contributed by atoms with van der Waals surface area (Å²) in [5.74, 6) is 1.28. The normalized spacial score (nSPS) is 10.8. The van der Waals surface area contributed by atoms with E-state index in [9.17, 15) is 4.79 Å². The highest BCUT2D eigenvalue weighted by molar-refractivity contribution is 7.99. The number of carbonyl (C=O) groups is 1. The first-order valence-electron chi connectivity index (χ1n) is 10.1. The number of hydrogen-bond donors (Lipinski definition) is 1. The first-order chi connectivity index (χ1) is 16.0. The minimum atomic E-state index is -0.218. The highest BCUT2D eigenvalue weighted by Gasteiger charge is 2.17. The second-order valence-electron chi connectivity index (χ2n) is 7.13. The number of benzene rings is 3. The van der Waals surface area contributed by atoms with Crippen LogP contribution in [0.15, 0.2) is 78.0 Å². The Kier molecular flexibility index (Phi) is 7.54. The molecule has 0 fully saturated rings. The summed E-state index contributed by atoms with van der Waals surface area (Å²) in [6.07, 6.45) is 0. The first kappa shape index (κ1) is 23.2. The lowest BCUT2D eigenvalue weighted by molar-refractivity contribution is -0.113. The van der Waals surface area contributed by atoms with E-state index in [1.54, 1.807) is 18.2 Å². The Morgan fingerprint density at radius 1 is 1.03 bits per heavy atom. The third-order valence-electron chi connectivity index (χ3n) is 4.64. The van der Waals surface area contributed by atoms with Crippen molar-refractivity contribution in [2.45, 2.75) is 18.7 Å². The number of halogens is 2. The fraction of sp³-hybridized carbons (Fsp3) is 0.125. The van der Waals surface area contributed by atoms with E-state index in [2.05, 4.69) is 15.5 Å². The maximum absolute atomic E-state index is 12.5. The topological polar surface area (TPSA) is 69.0 Å². The molecule has 0 unspecified atom stereocenters. The fourth-order valence-corrected chi connectivity index (χ4v) is 4.24. The molecule has 0 atom stereocenters. The van der Waals surface area contributed by atoms with Gasteiger partial charge < -0.3 is 10.1 Å². The van der Waals surface area contributed by atoms with Gasteiger partial charge in [-0.3, -0.25) is 9.36 Å². The molecule has 1 N–H and O–H groups in total. The van der Waals surface area contributed by atoms with Crippen LogP contribution in [0.2, 0.25) is 10.0 Å². The summed E-state index contributed by atoms with van der Waals surface area (Å²) in [5, 5.41) is 12.9. The lowest BCUT2D eigenvalue weighted by Crippen LogP contribution is -2.15. The van der Waals surface area contributed by atoms with Crippen molar-refractivity contribution in [1.82, 2.24) is 14.8 Å². The van der Waals surface area contributed by atoms with Gasteiger partial charge in [-0.05, 0) is 49.4 Å². The molecule has 0 aliphatic rings. The summed E-state index contributed by atoms with van der Waals surface area (Å²) in [6.45, 7) is 2.26. The van der Waals surface area contributed by atoms with E-state index >= 15 is 0 Å². The van der Waals surface area contributed by atoms with Gasteiger partial charge in [-0.15, -0.1) is 10.2 Å². The van der Waals surface area contributed by atoms with Gasteiger partial charge in [-0.1, -0.05) is 70.9 Å². The summed E-state index contributed by atoms with van der Waals surface area (Å²) in [4.78, 5) is 12.5. The van der Waals surface area contributed by atoms with Gasteiger partial charge in [0.25, 0.3) is 0 Å². The predicted molar refractivity (Wildman–Crippen MR) is 133 cm³/mol. The van der Waals surface area contributed by atoms with Gasteiger partial charge in [-0.2, -0.15) is 0 Å². The molecule has 0 bridgehead atoms. The molecular formula is C24H20Cl2N4O2S. The number of anilines is 1. The molecule has 0 saturated heterocycles. The summed E-state index contributed by atoms with van der Waals surface area (Å²) in [6, 6.07) is 22.4. The van der Waals surface area contributed by atoms with Crippen molar-refractivity contribution in [2.24, 2.45) is 0 Å². The van der Waals surface area contributed by atoms with Gasteiger partial charge >= 0.3 is 0 Å². The Balaban J connectivity index is 1.51. The standard InChI is InChI=1S/C24H20Cl2N4O2S/c1-16-7-10-18(11-8-16)30-22(14-32-19-5-3-2-4-6-19)28-29-24(30)33-15-23(31)27-21-12-9-17(25)13-20(21)26/h2-13H,14-15H2,1H3,(H,27,31). The van der Waals surface area contributed by atoms with Crippen LogP contribution in [-0.2, 0) is 11.4 Å². The molecule has 4 rings (SSSR count). The van der Waals surface area contributed by atoms with Crippen molar-refractivity contribution in [3.05, 3.63) is 94.2 Å². The SMILES string of the molecule is Cc1ccc(-n2c(COc3ccccc3)nnc2SCC(=O)Nc2ccc(Cl)cc2Cl)cc1. The van der Waals surface area contributed by atoms with Crippen LogP contribution < -0.4 is 10.1 Å². The summed E-state index contributed by atoms with van der Waals surface area (Å²) in [5.41, 5.74) is 2.53. The largest absolute Gasteiger partial charge is 0.486 e. The van der Waals surface area contributed by atoms with Crippen LogP contribution in [0.3, 0.4) is 0 Å². The number of ether oxygens (including phenoxy) is 1. The zero-order chi connectivity index (χ0) is 23.2. The second kappa shape index (κ2) is 10.7. The number of carbonyl (C=O) groups excluding carboxylic acids is 1. The average Bonchev–Trinajstić information content (AvgIpc) is 3.22. The Morgan fingerprint density at radius 3 is 2.52 bits per heavy atom. The van der Waals surface area contributed by atoms with Gasteiger partial charge in [0.1, 0.15) is 12.4 Å². The third kappa shape index (κ3) is 6.07. The molecule has 1 amide bonds. The summed E-state index contributed by atoms with van der Waals surface area (Å²) in [7, 11) is 0. The van der Waals surface area contributed by atoms with E-state index in [1.165, 1.54) is 11.8 Å². The van der Waals surface area contributed by atoms with Crippen LogP contribution >= 0.6 is 35.0 Å². The number of amides is 1. The number of nitrogens with one attached hydrogen (secondary N) is 1. The van der Waals surface area contributed by atoms with Gasteiger partial charge in [0, 0.05) is 10.7 Å². The van der Waals surface area contributed by atoms with Crippen LogP contribution in [0, 0.1) is 6.92 Å². The lowest BCUT2D eigenvalue weighted by atomic mass is 10.2. The van der Waals surface area contributed by atoms with E-state index < -0.39 is 0 Å². The first-order valence-corrected chi connectivity index (χ1v) is 11.8. The molecule has 0 saturated carbocycles. The van der Waals surface area contributed by atoms with Crippen LogP contribution in [0.4, 0.5) is 5.69 Å². The van der Waals surface area contributed by atoms with Gasteiger partial charge in [-0.25, -0.2) is 0 Å². The van der Waals surface area contributed by atoms with Crippen molar-refractivity contribution in [3.8, 4) is 11.4 Å². The second-order valence-corrected chi connectivity index (χ2v) is 8.92. The van der Waals surface area contributed by atoms with Crippen molar-refractivity contribution < 1.29 is 9.53 Å². The molecule has 9 heteroatoms. The molecule has 0 spiro atoms. The van der Waals surface area contributed by atoms with Crippen molar-refractivity contribution in [1.29, 1.82) is 0 Å². The molecule has 0 radical (unpaired) electrons. The minimum Gasteiger partial charge on any atom is -0.486 e. The molecule has 1 aromatic heterocycles. The Bertz CT molecular complexity index is 1250. The maximum atomic E-state index is 12.5. The minimum absolute atomic E-state index is 0.127. The Labute approximate surface area is 205 Å². The van der Waals surface area contributed by atoms with Crippen molar-refractivity contribution in [3.63, 3.8) is 0 Å². The molecule has 33 heavy (non-hydrogen) atoms. The number of aryl methyl sites for hydroxylation is 1. The highest BCUT2D eigenvalue weighted by Crippen LogP contribution is 2.27. The maximum Gasteiger partial charge on any atom is 0.234 e. The van der Waals surface area contributed by atoms with E-state index in [0.717, 1.165) is 17.0 Å². The molecule has 6 nitrogen and oxygen atoms in total. The van der Waals surface area contributed by atoms with E-state index in [-0.39, 0.29) is 18.3 Å². The van der Waals surface area contributed by atoms with E-state index in [4.69, 9.17) is 27.9 Å². The Hall–Kier alpha value is -3.00. The average molecular weight is 499 g/mol. The molecule has 4 aromatic rings. The number of hydrogen-bond acceptors (Lipinski definition) is 5. The number of rotatable bonds is 8. The van der Waals surface area contributed by atoms with Gasteiger partial charge in [0.05, 0.1) is 16.5 Å². The molecule has 0 aliphatic heterocycles. The number of nitrogens with zero attached hydrogens (tertiary/aromatic N) is 3. The zero-order valence-electron chi connectivity index (χ0n) is 17.7. The van der Waals surface area contributed by atoms with Crippen LogP contribution in [0.5, 0.6) is 5.75 Å². The van der Waals surface area contributed by atoms with E-state index in [0.29, 0.717) is 26.7 Å². The van der Waals surface area contributed by atoms with E-state index in [1.807, 2.05) is 66.1 Å². The molecule has 1 heterocycles. The van der Waals surface area contributed by atoms with Crippen LogP contribution in [0.25, 0.3) is 5.69 Å². The highest BCUT2D eigenvalue weighted by atomic mass is 35.5. The molecule has 0 aliphatic carbocycles. The van der Waals surface area contributed by atoms with Crippen molar-refractivity contribution in [2.75, 3.05) is 11.1 Å². The van der Waals surface area contributed by atoms with Gasteiger partial charge in [0.2, 0.25) is 5.91 Å². The summed E-state index contributed by atoms with van der Waals surface area (Å²) < 4.78 is 7.78. The Morgan fingerprint density at radius 2 is 1.79 bits per heavy atom. The summed E-state index contributed by atoms with van der Waals surface area (Å²) >= 11 is 13.3. The fourth-order valence-electron chi connectivity index (χ4n) is 3.01. The molecule has 168 valence electrons. The van der Waals surface area contributed by atoms with Gasteiger partial charge in [0.15, 0.2) is 11.0 Å².